The van der Waals surface area contributed by atoms with E-state index in [-0.39, 0.29) is 24.7 Å². The number of amides is 1. The number of nitrogens with one attached hydrogen (secondary N) is 1. The van der Waals surface area contributed by atoms with Crippen LogP contribution in [0.2, 0.25) is 5.02 Å². The van der Waals surface area contributed by atoms with Gasteiger partial charge in [-0.2, -0.15) is 0 Å². The Morgan fingerprint density at radius 2 is 1.96 bits per heavy atom. The zero-order chi connectivity index (χ0) is 17.8. The number of halogens is 1. The number of benzene rings is 2. The van der Waals surface area contributed by atoms with Gasteiger partial charge >= 0.3 is 5.97 Å². The highest BCUT2D eigenvalue weighted by molar-refractivity contribution is 8.01. The molecule has 0 radical (unpaired) electrons. The predicted molar refractivity (Wildman–Crippen MR) is 96.1 cm³/mol. The number of carbonyl (C=O) groups is 3. The Hall–Kier alpha value is -2.31. The molecule has 0 aromatic heterocycles. The van der Waals surface area contributed by atoms with Crippen molar-refractivity contribution < 1.29 is 19.1 Å². The van der Waals surface area contributed by atoms with Crippen molar-refractivity contribution in [3.63, 3.8) is 0 Å². The number of hydrogen-bond donors (Lipinski definition) is 1. The first kappa shape index (κ1) is 17.5. The number of esters is 1. The van der Waals surface area contributed by atoms with Crippen molar-refractivity contribution in [1.82, 2.24) is 0 Å². The van der Waals surface area contributed by atoms with Gasteiger partial charge in [0.05, 0.1) is 17.4 Å². The van der Waals surface area contributed by atoms with Crippen LogP contribution in [0.25, 0.3) is 0 Å². The molecule has 2 aromatic rings. The maximum atomic E-state index is 12.1. The van der Waals surface area contributed by atoms with Crippen molar-refractivity contribution in [3.05, 3.63) is 59.1 Å². The van der Waals surface area contributed by atoms with Crippen LogP contribution in [0.4, 0.5) is 5.69 Å². The van der Waals surface area contributed by atoms with Gasteiger partial charge in [-0.1, -0.05) is 35.9 Å². The molecule has 0 spiro atoms. The van der Waals surface area contributed by atoms with Crippen molar-refractivity contribution in [1.29, 1.82) is 0 Å². The van der Waals surface area contributed by atoms with Crippen molar-refractivity contribution >= 4 is 46.7 Å². The molecule has 0 aliphatic carbocycles. The number of anilines is 1. The highest BCUT2D eigenvalue weighted by Gasteiger charge is 2.29. The molecule has 128 valence electrons. The zero-order valence-corrected chi connectivity index (χ0v) is 14.6. The highest BCUT2D eigenvalue weighted by Crippen LogP contribution is 2.36. The van der Waals surface area contributed by atoms with Gasteiger partial charge in [0.15, 0.2) is 12.4 Å². The molecule has 1 aliphatic heterocycles. The minimum atomic E-state index is -0.595. The SMILES string of the molecule is O=C(CC1Sc2ccccc2NC1=O)OCC(=O)c1cccc(Cl)c1. The van der Waals surface area contributed by atoms with E-state index in [1.807, 2.05) is 18.2 Å². The summed E-state index contributed by atoms with van der Waals surface area (Å²) in [6.07, 6.45) is -0.104. The molecule has 1 amide bonds. The maximum absolute atomic E-state index is 12.1. The van der Waals surface area contributed by atoms with Crippen molar-refractivity contribution in [3.8, 4) is 0 Å². The number of hydrogen-bond acceptors (Lipinski definition) is 5. The lowest BCUT2D eigenvalue weighted by molar-refractivity contribution is -0.143. The number of ether oxygens (including phenoxy) is 1. The van der Waals surface area contributed by atoms with E-state index in [1.165, 1.54) is 17.8 Å². The summed E-state index contributed by atoms with van der Waals surface area (Å²) in [5.74, 6) is -1.19. The van der Waals surface area contributed by atoms with Gasteiger partial charge in [-0.05, 0) is 24.3 Å². The molecule has 1 aliphatic rings. The Balaban J connectivity index is 1.54. The summed E-state index contributed by atoms with van der Waals surface area (Å²) >= 11 is 7.14. The summed E-state index contributed by atoms with van der Waals surface area (Å²) < 4.78 is 5.01. The van der Waals surface area contributed by atoms with Crippen LogP contribution in [0, 0.1) is 0 Å². The van der Waals surface area contributed by atoms with Crippen LogP contribution in [0.3, 0.4) is 0 Å². The van der Waals surface area contributed by atoms with Gasteiger partial charge in [-0.15, -0.1) is 11.8 Å². The molecule has 0 saturated carbocycles. The first-order chi connectivity index (χ1) is 12.0. The van der Waals surface area contributed by atoms with Crippen LogP contribution in [-0.4, -0.2) is 29.5 Å². The monoisotopic (exact) mass is 375 g/mol. The third-order valence-electron chi connectivity index (χ3n) is 3.57. The van der Waals surface area contributed by atoms with E-state index in [9.17, 15) is 14.4 Å². The van der Waals surface area contributed by atoms with E-state index in [2.05, 4.69) is 5.32 Å². The fourth-order valence-corrected chi connectivity index (χ4v) is 3.61. The van der Waals surface area contributed by atoms with Crippen LogP contribution < -0.4 is 5.32 Å². The average molecular weight is 376 g/mol. The third-order valence-corrected chi connectivity index (χ3v) is 5.08. The van der Waals surface area contributed by atoms with Gasteiger partial charge in [0.25, 0.3) is 0 Å². The first-order valence-electron chi connectivity index (χ1n) is 7.54. The number of ketones is 1. The minimum absolute atomic E-state index is 0.104. The largest absolute Gasteiger partial charge is 0.457 e. The topological polar surface area (TPSA) is 72.5 Å². The number of carbonyl (C=O) groups excluding carboxylic acids is 3. The van der Waals surface area contributed by atoms with Crippen LogP contribution in [0.5, 0.6) is 0 Å². The van der Waals surface area contributed by atoms with Gasteiger partial charge in [0.1, 0.15) is 0 Å². The number of para-hydroxylation sites is 1. The van der Waals surface area contributed by atoms with Crippen LogP contribution in [-0.2, 0) is 14.3 Å². The first-order valence-corrected chi connectivity index (χ1v) is 8.79. The number of rotatable bonds is 5. The van der Waals surface area contributed by atoms with Crippen molar-refractivity contribution in [2.45, 2.75) is 16.6 Å². The molecule has 2 aromatic carbocycles. The molecule has 1 N–H and O–H groups in total. The Morgan fingerprint density at radius 3 is 2.76 bits per heavy atom. The second-order valence-electron chi connectivity index (χ2n) is 5.39. The standard InChI is InChI=1S/C18H14ClNO4S/c19-12-5-3-4-11(8-12)14(21)10-24-17(22)9-16-18(23)20-13-6-1-2-7-15(13)25-16/h1-8,16H,9-10H2,(H,20,23). The molecule has 3 rings (SSSR count). The zero-order valence-electron chi connectivity index (χ0n) is 13.0. The van der Waals surface area contributed by atoms with Gasteiger partial charge in [-0.3, -0.25) is 14.4 Å². The second-order valence-corrected chi connectivity index (χ2v) is 7.07. The molecular formula is C18H14ClNO4S. The van der Waals surface area contributed by atoms with Crippen LogP contribution in [0.1, 0.15) is 16.8 Å². The van der Waals surface area contributed by atoms with Crippen LogP contribution in [0.15, 0.2) is 53.4 Å². The second kappa shape index (κ2) is 7.72. The Labute approximate surface area is 153 Å². The smallest absolute Gasteiger partial charge is 0.307 e. The third kappa shape index (κ3) is 4.41. The minimum Gasteiger partial charge on any atom is -0.457 e. The summed E-state index contributed by atoms with van der Waals surface area (Å²) in [4.78, 5) is 36.9. The molecule has 1 heterocycles. The average Bonchev–Trinajstić information content (AvgIpc) is 2.60. The number of fused-ring (bicyclic) bond motifs is 1. The van der Waals surface area contributed by atoms with Gasteiger partial charge in [-0.25, -0.2) is 0 Å². The molecule has 1 unspecified atom stereocenters. The predicted octanol–water partition coefficient (Wildman–Crippen LogP) is 3.57. The molecule has 0 bridgehead atoms. The molecule has 1 atom stereocenters. The maximum Gasteiger partial charge on any atom is 0.307 e. The Kier molecular flexibility index (Phi) is 5.40. The van der Waals surface area contributed by atoms with Gasteiger partial charge in [0.2, 0.25) is 5.91 Å². The highest BCUT2D eigenvalue weighted by atomic mass is 35.5. The van der Waals surface area contributed by atoms with Crippen LogP contribution >= 0.6 is 23.4 Å². The Bertz CT molecular complexity index is 839. The molecule has 0 saturated heterocycles. The number of Topliss-reactive ketones (excluding diaryl/α,β-unsaturated/α-hetero) is 1. The molecular weight excluding hydrogens is 362 g/mol. The Morgan fingerprint density at radius 1 is 1.16 bits per heavy atom. The molecule has 25 heavy (non-hydrogen) atoms. The molecule has 5 nitrogen and oxygen atoms in total. The van der Waals surface area contributed by atoms with E-state index in [0.717, 1.165) is 10.6 Å². The summed E-state index contributed by atoms with van der Waals surface area (Å²) in [6.45, 7) is -0.380. The fraction of sp³-hybridized carbons (Fsp3) is 0.167. The lowest BCUT2D eigenvalue weighted by Crippen LogP contribution is -2.31. The summed E-state index contributed by atoms with van der Waals surface area (Å²) in [7, 11) is 0. The van der Waals surface area contributed by atoms with Crippen molar-refractivity contribution in [2.24, 2.45) is 0 Å². The normalized spacial score (nSPS) is 15.9. The van der Waals surface area contributed by atoms with E-state index >= 15 is 0 Å². The fourth-order valence-electron chi connectivity index (χ4n) is 2.33. The quantitative estimate of drug-likeness (QED) is 0.639. The van der Waals surface area contributed by atoms with Crippen molar-refractivity contribution in [2.75, 3.05) is 11.9 Å². The summed E-state index contributed by atoms with van der Waals surface area (Å²) in [5.41, 5.74) is 1.11. The summed E-state index contributed by atoms with van der Waals surface area (Å²) in [5, 5.41) is 2.62. The molecule has 7 heteroatoms. The van der Waals surface area contributed by atoms with E-state index < -0.39 is 11.2 Å². The van der Waals surface area contributed by atoms with E-state index in [1.54, 1.807) is 24.3 Å². The van der Waals surface area contributed by atoms with E-state index in [0.29, 0.717) is 10.6 Å². The lowest BCUT2D eigenvalue weighted by Gasteiger charge is -2.23. The summed E-state index contributed by atoms with van der Waals surface area (Å²) in [6, 6.07) is 13.8. The van der Waals surface area contributed by atoms with Gasteiger partial charge < -0.3 is 10.1 Å². The number of thioether (sulfide) groups is 1. The van der Waals surface area contributed by atoms with Gasteiger partial charge in [0, 0.05) is 15.5 Å². The molecule has 0 fully saturated rings. The van der Waals surface area contributed by atoms with E-state index in [4.69, 9.17) is 16.3 Å². The lowest BCUT2D eigenvalue weighted by atomic mass is 10.1.